The number of anilines is 1. The molecule has 0 aliphatic heterocycles. The normalized spacial score (nSPS) is 12.0. The molecule has 0 radical (unpaired) electrons. The Morgan fingerprint density at radius 1 is 1.15 bits per heavy atom. The number of aromatic nitrogens is 1. The van der Waals surface area contributed by atoms with E-state index in [4.69, 9.17) is 4.74 Å². The second-order valence-electron chi connectivity index (χ2n) is 6.18. The largest absolute Gasteiger partial charge is 0.449 e. The highest BCUT2D eigenvalue weighted by Gasteiger charge is 2.20. The van der Waals surface area contributed by atoms with Gasteiger partial charge in [-0.05, 0) is 62.7 Å². The molecule has 1 atom stereocenters. The minimum absolute atomic E-state index is 0.303. The number of esters is 1. The summed E-state index contributed by atoms with van der Waals surface area (Å²) in [5.41, 5.74) is 3.70. The maximum absolute atomic E-state index is 13.2. The maximum Gasteiger partial charge on any atom is 0.338 e. The molecular formula is C20H19FN2O3. The van der Waals surface area contributed by atoms with Crippen molar-refractivity contribution in [2.45, 2.75) is 26.9 Å². The number of nitrogens with one attached hydrogen (secondary N) is 2. The summed E-state index contributed by atoms with van der Waals surface area (Å²) >= 11 is 0. The molecule has 1 aromatic heterocycles. The Hall–Kier alpha value is -3.15. The molecule has 0 aliphatic rings. The molecule has 1 unspecified atom stereocenters. The molecule has 0 fully saturated rings. The highest BCUT2D eigenvalue weighted by molar-refractivity contribution is 5.99. The molecule has 1 heterocycles. The van der Waals surface area contributed by atoms with Gasteiger partial charge in [0.05, 0.1) is 5.56 Å². The minimum Gasteiger partial charge on any atom is -0.449 e. The van der Waals surface area contributed by atoms with Gasteiger partial charge in [-0.3, -0.25) is 4.79 Å². The van der Waals surface area contributed by atoms with Gasteiger partial charge in [-0.15, -0.1) is 0 Å². The first kappa shape index (κ1) is 17.7. The predicted molar refractivity (Wildman–Crippen MR) is 97.7 cm³/mol. The third-order valence-corrected chi connectivity index (χ3v) is 4.29. The fourth-order valence-corrected chi connectivity index (χ4v) is 2.68. The van der Waals surface area contributed by atoms with Gasteiger partial charge in [0.1, 0.15) is 5.82 Å². The first-order valence-electron chi connectivity index (χ1n) is 8.21. The van der Waals surface area contributed by atoms with Crippen LogP contribution >= 0.6 is 0 Å². The lowest BCUT2D eigenvalue weighted by Gasteiger charge is -2.13. The molecule has 0 saturated carbocycles. The zero-order valence-electron chi connectivity index (χ0n) is 14.7. The van der Waals surface area contributed by atoms with Gasteiger partial charge >= 0.3 is 5.97 Å². The summed E-state index contributed by atoms with van der Waals surface area (Å²) in [7, 11) is 0. The lowest BCUT2D eigenvalue weighted by Crippen LogP contribution is -2.30. The molecule has 2 aromatic carbocycles. The third kappa shape index (κ3) is 3.59. The summed E-state index contributed by atoms with van der Waals surface area (Å²) in [6.45, 7) is 5.40. The Morgan fingerprint density at radius 3 is 2.65 bits per heavy atom. The van der Waals surface area contributed by atoms with Crippen LogP contribution in [0.3, 0.4) is 0 Å². The molecular weight excluding hydrogens is 335 g/mol. The van der Waals surface area contributed by atoms with Gasteiger partial charge < -0.3 is 15.0 Å². The van der Waals surface area contributed by atoms with Gasteiger partial charge in [0.2, 0.25) is 0 Å². The van der Waals surface area contributed by atoms with Gasteiger partial charge in [0, 0.05) is 22.3 Å². The van der Waals surface area contributed by atoms with Crippen LogP contribution in [0.1, 0.15) is 28.5 Å². The molecule has 3 rings (SSSR count). The standard InChI is InChI=1S/C20H19FN2O3/c1-11-12(2)22-18-8-7-14(9-17(11)18)20(25)26-13(3)19(24)23-16-6-4-5-15(21)10-16/h4-10,13,22H,1-3H3,(H,23,24). The molecule has 134 valence electrons. The second-order valence-corrected chi connectivity index (χ2v) is 6.18. The smallest absolute Gasteiger partial charge is 0.338 e. The molecule has 2 N–H and O–H groups in total. The van der Waals surface area contributed by atoms with Crippen molar-refractivity contribution in [2.75, 3.05) is 5.32 Å². The molecule has 3 aromatic rings. The number of aryl methyl sites for hydroxylation is 2. The van der Waals surface area contributed by atoms with Crippen molar-refractivity contribution in [1.29, 1.82) is 0 Å². The van der Waals surface area contributed by atoms with Crippen LogP contribution in [0, 0.1) is 19.7 Å². The Labute approximate surface area is 150 Å². The minimum atomic E-state index is -1.02. The lowest BCUT2D eigenvalue weighted by atomic mass is 10.1. The average molecular weight is 354 g/mol. The Morgan fingerprint density at radius 2 is 1.92 bits per heavy atom. The maximum atomic E-state index is 13.2. The van der Waals surface area contributed by atoms with E-state index in [1.807, 2.05) is 19.9 Å². The number of carbonyl (C=O) groups excluding carboxylic acids is 2. The number of halogens is 1. The van der Waals surface area contributed by atoms with Gasteiger partial charge in [-0.1, -0.05) is 6.07 Å². The molecule has 5 nitrogen and oxygen atoms in total. The van der Waals surface area contributed by atoms with E-state index >= 15 is 0 Å². The molecule has 0 spiro atoms. The summed E-state index contributed by atoms with van der Waals surface area (Å²) in [6, 6.07) is 10.7. The first-order valence-corrected chi connectivity index (χ1v) is 8.21. The van der Waals surface area contributed by atoms with Gasteiger partial charge in [-0.2, -0.15) is 0 Å². The number of rotatable bonds is 4. The van der Waals surface area contributed by atoms with Crippen LogP contribution in [0.5, 0.6) is 0 Å². The summed E-state index contributed by atoms with van der Waals surface area (Å²) in [6.07, 6.45) is -1.02. The van der Waals surface area contributed by atoms with E-state index in [-0.39, 0.29) is 0 Å². The van der Waals surface area contributed by atoms with Crippen LogP contribution < -0.4 is 5.32 Å². The number of ether oxygens (including phenoxy) is 1. The topological polar surface area (TPSA) is 71.2 Å². The second kappa shape index (κ2) is 7.00. The van der Waals surface area contributed by atoms with Crippen LogP contribution in [-0.2, 0) is 9.53 Å². The van der Waals surface area contributed by atoms with Crippen molar-refractivity contribution < 1.29 is 18.7 Å². The number of hydrogen-bond acceptors (Lipinski definition) is 3. The summed E-state index contributed by atoms with van der Waals surface area (Å²) < 4.78 is 18.4. The van der Waals surface area contributed by atoms with E-state index < -0.39 is 23.8 Å². The predicted octanol–water partition coefficient (Wildman–Crippen LogP) is 4.11. The summed E-state index contributed by atoms with van der Waals surface area (Å²) in [5.74, 6) is -1.58. The SMILES string of the molecule is Cc1[nH]c2ccc(C(=O)OC(C)C(=O)Nc3cccc(F)c3)cc2c1C. The number of benzene rings is 2. The van der Waals surface area contributed by atoms with Crippen LogP contribution in [0.2, 0.25) is 0 Å². The Bertz CT molecular complexity index is 994. The third-order valence-electron chi connectivity index (χ3n) is 4.29. The van der Waals surface area contributed by atoms with E-state index in [0.29, 0.717) is 11.3 Å². The summed E-state index contributed by atoms with van der Waals surface area (Å²) in [4.78, 5) is 27.7. The van der Waals surface area contributed by atoms with Crippen molar-refractivity contribution >= 4 is 28.5 Å². The van der Waals surface area contributed by atoms with E-state index in [2.05, 4.69) is 10.3 Å². The van der Waals surface area contributed by atoms with Crippen molar-refractivity contribution in [2.24, 2.45) is 0 Å². The quantitative estimate of drug-likeness (QED) is 0.693. The van der Waals surface area contributed by atoms with Crippen molar-refractivity contribution in [1.82, 2.24) is 4.98 Å². The number of fused-ring (bicyclic) bond motifs is 1. The van der Waals surface area contributed by atoms with Crippen molar-refractivity contribution in [3.05, 3.63) is 65.1 Å². The lowest BCUT2D eigenvalue weighted by molar-refractivity contribution is -0.123. The van der Waals surface area contributed by atoms with Crippen LogP contribution in [-0.4, -0.2) is 23.0 Å². The Balaban J connectivity index is 1.70. The monoisotopic (exact) mass is 354 g/mol. The first-order chi connectivity index (χ1) is 12.3. The molecule has 1 amide bonds. The van der Waals surface area contributed by atoms with Crippen LogP contribution in [0.15, 0.2) is 42.5 Å². The Kier molecular flexibility index (Phi) is 4.75. The fourth-order valence-electron chi connectivity index (χ4n) is 2.68. The van der Waals surface area contributed by atoms with Gasteiger partial charge in [-0.25, -0.2) is 9.18 Å². The van der Waals surface area contributed by atoms with Crippen molar-refractivity contribution in [3.8, 4) is 0 Å². The van der Waals surface area contributed by atoms with Gasteiger partial charge in [0.15, 0.2) is 6.10 Å². The number of amides is 1. The summed E-state index contributed by atoms with van der Waals surface area (Å²) in [5, 5.41) is 3.46. The van der Waals surface area contributed by atoms with E-state index in [1.54, 1.807) is 18.2 Å². The average Bonchev–Trinajstić information content (AvgIpc) is 2.88. The molecule has 6 heteroatoms. The van der Waals surface area contributed by atoms with Crippen molar-refractivity contribution in [3.63, 3.8) is 0 Å². The zero-order chi connectivity index (χ0) is 18.8. The zero-order valence-corrected chi connectivity index (χ0v) is 14.7. The number of hydrogen-bond donors (Lipinski definition) is 2. The van der Waals surface area contributed by atoms with E-state index in [0.717, 1.165) is 22.2 Å². The molecule has 0 bridgehead atoms. The van der Waals surface area contributed by atoms with E-state index in [1.165, 1.54) is 25.1 Å². The molecule has 0 aliphatic carbocycles. The van der Waals surface area contributed by atoms with Crippen LogP contribution in [0.25, 0.3) is 10.9 Å². The molecule has 0 saturated heterocycles. The fraction of sp³-hybridized carbons (Fsp3) is 0.200. The van der Waals surface area contributed by atoms with Gasteiger partial charge in [0.25, 0.3) is 5.91 Å². The highest BCUT2D eigenvalue weighted by Crippen LogP contribution is 2.23. The van der Waals surface area contributed by atoms with Crippen LogP contribution in [0.4, 0.5) is 10.1 Å². The number of H-pyrrole nitrogens is 1. The van der Waals surface area contributed by atoms with E-state index in [9.17, 15) is 14.0 Å². The number of aromatic amines is 1. The highest BCUT2D eigenvalue weighted by atomic mass is 19.1. The molecule has 26 heavy (non-hydrogen) atoms. The number of carbonyl (C=O) groups is 2.